The van der Waals surface area contributed by atoms with Crippen molar-refractivity contribution in [1.29, 1.82) is 0 Å². The van der Waals surface area contributed by atoms with Crippen LogP contribution in [0.25, 0.3) is 0 Å². The summed E-state index contributed by atoms with van der Waals surface area (Å²) in [7, 11) is 0. The van der Waals surface area contributed by atoms with Crippen LogP contribution < -0.4 is 5.32 Å². The molecule has 2 aromatic carbocycles. The maximum atomic E-state index is 13.3. The second kappa shape index (κ2) is 7.39. The molecular weight excluding hydrogens is 353 g/mol. The SMILES string of the molecule is CCNC(Cc1ccc(F)c(Br)c1)c1cc(C)cc(Cl)c1. The van der Waals surface area contributed by atoms with Crippen molar-refractivity contribution in [3.8, 4) is 0 Å². The van der Waals surface area contributed by atoms with E-state index in [-0.39, 0.29) is 11.9 Å². The largest absolute Gasteiger partial charge is 0.310 e. The molecule has 0 amide bonds. The minimum absolute atomic E-state index is 0.157. The summed E-state index contributed by atoms with van der Waals surface area (Å²) < 4.78 is 13.8. The number of aryl methyl sites for hydroxylation is 1. The molecule has 0 aliphatic carbocycles. The first-order chi connectivity index (χ1) is 9.99. The average Bonchev–Trinajstić information content (AvgIpc) is 2.41. The van der Waals surface area contributed by atoms with E-state index in [1.165, 1.54) is 6.07 Å². The van der Waals surface area contributed by atoms with Crippen molar-refractivity contribution in [2.45, 2.75) is 26.3 Å². The van der Waals surface area contributed by atoms with E-state index >= 15 is 0 Å². The van der Waals surface area contributed by atoms with E-state index in [1.54, 1.807) is 0 Å². The second-order valence-corrected chi connectivity index (χ2v) is 6.42. The van der Waals surface area contributed by atoms with Gasteiger partial charge in [-0.2, -0.15) is 0 Å². The monoisotopic (exact) mass is 369 g/mol. The van der Waals surface area contributed by atoms with Crippen LogP contribution in [0.1, 0.15) is 29.7 Å². The van der Waals surface area contributed by atoms with E-state index in [1.807, 2.05) is 31.2 Å². The number of benzene rings is 2. The zero-order valence-electron chi connectivity index (χ0n) is 12.1. The molecule has 112 valence electrons. The standard InChI is InChI=1S/C17H18BrClFN/c1-3-21-17(13-6-11(2)7-14(19)10-13)9-12-4-5-16(20)15(18)8-12/h4-8,10,17,21H,3,9H2,1-2H3. The molecule has 0 heterocycles. The van der Waals surface area contributed by atoms with Gasteiger partial charge in [0, 0.05) is 11.1 Å². The zero-order valence-corrected chi connectivity index (χ0v) is 14.4. The minimum Gasteiger partial charge on any atom is -0.310 e. The Hall–Kier alpha value is -0.900. The summed E-state index contributed by atoms with van der Waals surface area (Å²) in [5.41, 5.74) is 3.37. The molecule has 0 bridgehead atoms. The summed E-state index contributed by atoms with van der Waals surface area (Å²) in [6.07, 6.45) is 0.784. The predicted octanol–water partition coefficient (Wildman–Crippen LogP) is 5.44. The number of nitrogens with one attached hydrogen (secondary N) is 1. The molecule has 0 spiro atoms. The molecule has 0 radical (unpaired) electrons. The van der Waals surface area contributed by atoms with Gasteiger partial charge < -0.3 is 5.32 Å². The van der Waals surface area contributed by atoms with Crippen molar-refractivity contribution in [3.05, 3.63) is 68.4 Å². The Balaban J connectivity index is 2.27. The van der Waals surface area contributed by atoms with E-state index in [0.29, 0.717) is 4.47 Å². The molecule has 4 heteroatoms. The van der Waals surface area contributed by atoms with E-state index in [0.717, 1.165) is 34.7 Å². The summed E-state index contributed by atoms with van der Waals surface area (Å²) in [5, 5.41) is 4.21. The van der Waals surface area contributed by atoms with Gasteiger partial charge >= 0.3 is 0 Å². The Morgan fingerprint density at radius 1 is 1.24 bits per heavy atom. The summed E-state index contributed by atoms with van der Waals surface area (Å²) in [5.74, 6) is -0.239. The normalized spacial score (nSPS) is 12.4. The summed E-state index contributed by atoms with van der Waals surface area (Å²) in [6, 6.07) is 11.4. The molecule has 0 aromatic heterocycles. The molecule has 2 rings (SSSR count). The molecule has 1 unspecified atom stereocenters. The van der Waals surface area contributed by atoms with Crippen LogP contribution in [0.15, 0.2) is 40.9 Å². The van der Waals surface area contributed by atoms with E-state index in [9.17, 15) is 4.39 Å². The van der Waals surface area contributed by atoms with Gasteiger partial charge in [-0.05, 0) is 76.8 Å². The van der Waals surface area contributed by atoms with Crippen molar-refractivity contribution in [2.24, 2.45) is 0 Å². The Morgan fingerprint density at radius 2 is 2.00 bits per heavy atom. The molecule has 0 aliphatic rings. The van der Waals surface area contributed by atoms with Crippen LogP contribution in [0.3, 0.4) is 0 Å². The second-order valence-electron chi connectivity index (χ2n) is 5.12. The highest BCUT2D eigenvalue weighted by molar-refractivity contribution is 9.10. The van der Waals surface area contributed by atoms with Crippen LogP contribution >= 0.6 is 27.5 Å². The summed E-state index contributed by atoms with van der Waals surface area (Å²) in [6.45, 7) is 4.97. The van der Waals surface area contributed by atoms with Crippen molar-refractivity contribution < 1.29 is 4.39 Å². The fourth-order valence-electron chi connectivity index (χ4n) is 2.42. The Morgan fingerprint density at radius 3 is 2.62 bits per heavy atom. The quantitative estimate of drug-likeness (QED) is 0.738. The topological polar surface area (TPSA) is 12.0 Å². The number of halogens is 3. The Bertz CT molecular complexity index is 610. The van der Waals surface area contributed by atoms with Crippen LogP contribution in [0.2, 0.25) is 5.02 Å². The molecule has 21 heavy (non-hydrogen) atoms. The van der Waals surface area contributed by atoms with Gasteiger partial charge in [-0.3, -0.25) is 0 Å². The van der Waals surface area contributed by atoms with Gasteiger partial charge in [0.2, 0.25) is 0 Å². The van der Waals surface area contributed by atoms with Crippen molar-refractivity contribution in [1.82, 2.24) is 5.32 Å². The molecule has 1 atom stereocenters. The van der Waals surface area contributed by atoms with Crippen LogP contribution in [0.5, 0.6) is 0 Å². The van der Waals surface area contributed by atoms with Gasteiger partial charge in [-0.1, -0.05) is 30.7 Å². The van der Waals surface area contributed by atoms with Gasteiger partial charge in [0.15, 0.2) is 0 Å². The Labute approximate surface area is 138 Å². The van der Waals surface area contributed by atoms with Gasteiger partial charge in [0.1, 0.15) is 5.82 Å². The third-order valence-electron chi connectivity index (χ3n) is 3.34. The maximum absolute atomic E-state index is 13.3. The van der Waals surface area contributed by atoms with Crippen LogP contribution in [-0.2, 0) is 6.42 Å². The first-order valence-corrected chi connectivity index (χ1v) is 8.11. The van der Waals surface area contributed by atoms with Gasteiger partial charge in [-0.25, -0.2) is 4.39 Å². The Kier molecular flexibility index (Phi) is 5.80. The molecule has 0 saturated heterocycles. The van der Waals surface area contributed by atoms with E-state index < -0.39 is 0 Å². The lowest BCUT2D eigenvalue weighted by molar-refractivity contribution is 0.548. The predicted molar refractivity (Wildman–Crippen MR) is 90.4 cm³/mol. The van der Waals surface area contributed by atoms with Crippen LogP contribution in [0, 0.1) is 12.7 Å². The first kappa shape index (κ1) is 16.5. The number of rotatable bonds is 5. The highest BCUT2D eigenvalue weighted by Gasteiger charge is 2.13. The lowest BCUT2D eigenvalue weighted by atomic mass is 9.97. The molecule has 0 fully saturated rings. The smallest absolute Gasteiger partial charge is 0.137 e. The van der Waals surface area contributed by atoms with E-state index in [2.05, 4.69) is 34.2 Å². The molecular formula is C17H18BrClFN. The molecule has 1 nitrogen and oxygen atoms in total. The fraction of sp³-hybridized carbons (Fsp3) is 0.294. The summed E-state index contributed by atoms with van der Waals surface area (Å²) >= 11 is 9.40. The first-order valence-electron chi connectivity index (χ1n) is 6.94. The van der Waals surface area contributed by atoms with Gasteiger partial charge in [0.25, 0.3) is 0 Å². The van der Waals surface area contributed by atoms with E-state index in [4.69, 9.17) is 11.6 Å². The van der Waals surface area contributed by atoms with Crippen LogP contribution in [0.4, 0.5) is 4.39 Å². The fourth-order valence-corrected chi connectivity index (χ4v) is 3.15. The maximum Gasteiger partial charge on any atom is 0.137 e. The molecule has 0 aliphatic heterocycles. The molecule has 1 N–H and O–H groups in total. The van der Waals surface area contributed by atoms with Gasteiger partial charge in [-0.15, -0.1) is 0 Å². The highest BCUT2D eigenvalue weighted by Crippen LogP contribution is 2.25. The van der Waals surface area contributed by atoms with Crippen molar-refractivity contribution in [2.75, 3.05) is 6.54 Å². The van der Waals surface area contributed by atoms with Crippen LogP contribution in [-0.4, -0.2) is 6.54 Å². The highest BCUT2D eigenvalue weighted by atomic mass is 79.9. The van der Waals surface area contributed by atoms with Gasteiger partial charge in [0.05, 0.1) is 4.47 Å². The van der Waals surface area contributed by atoms with Crippen molar-refractivity contribution in [3.63, 3.8) is 0 Å². The third-order valence-corrected chi connectivity index (χ3v) is 4.17. The van der Waals surface area contributed by atoms with Crippen molar-refractivity contribution >= 4 is 27.5 Å². The number of hydrogen-bond acceptors (Lipinski definition) is 1. The lowest BCUT2D eigenvalue weighted by Crippen LogP contribution is -2.23. The lowest BCUT2D eigenvalue weighted by Gasteiger charge is -2.19. The molecule has 2 aromatic rings. The summed E-state index contributed by atoms with van der Waals surface area (Å²) in [4.78, 5) is 0. The third kappa shape index (κ3) is 4.53. The number of hydrogen-bond donors (Lipinski definition) is 1. The average molecular weight is 371 g/mol. The molecule has 0 saturated carbocycles. The zero-order chi connectivity index (χ0) is 15.4. The minimum atomic E-state index is -0.239. The number of likely N-dealkylation sites (N-methyl/N-ethyl adjacent to an activating group) is 1.